The molecular formula is C25H27N3O6S. The number of methoxy groups -OCH3 is 1. The van der Waals surface area contributed by atoms with Gasteiger partial charge in [-0.1, -0.05) is 0 Å². The van der Waals surface area contributed by atoms with Crippen LogP contribution in [0.25, 0.3) is 21.8 Å². The minimum atomic E-state index is -0.703. The maximum atomic E-state index is 13.3. The number of rotatable bonds is 7. The van der Waals surface area contributed by atoms with Gasteiger partial charge in [-0.3, -0.25) is 4.98 Å². The Morgan fingerprint density at radius 3 is 2.57 bits per heavy atom. The molecule has 0 aliphatic rings. The maximum Gasteiger partial charge on any atom is 0.419 e. The van der Waals surface area contributed by atoms with Gasteiger partial charge in [0.2, 0.25) is 0 Å². The number of thiazole rings is 1. The van der Waals surface area contributed by atoms with E-state index in [1.807, 2.05) is 6.07 Å². The number of nitrogens with zero attached hydrogens (tertiary/aromatic N) is 3. The molecule has 4 aromatic rings. The molecule has 0 amide bonds. The van der Waals surface area contributed by atoms with Gasteiger partial charge in [-0.15, -0.1) is 11.3 Å². The molecule has 10 heteroatoms. The van der Waals surface area contributed by atoms with E-state index >= 15 is 0 Å². The molecule has 3 heterocycles. The van der Waals surface area contributed by atoms with Gasteiger partial charge in [-0.25, -0.2) is 19.1 Å². The van der Waals surface area contributed by atoms with Crippen molar-refractivity contribution in [3.05, 3.63) is 52.2 Å². The highest BCUT2D eigenvalue weighted by Gasteiger charge is 2.27. The summed E-state index contributed by atoms with van der Waals surface area (Å²) in [5, 5.41) is 1.35. The van der Waals surface area contributed by atoms with Gasteiger partial charge >= 0.3 is 12.1 Å². The average molecular weight is 498 g/mol. The summed E-state index contributed by atoms with van der Waals surface area (Å²) in [6.45, 7) is 7.81. The zero-order valence-corrected chi connectivity index (χ0v) is 21.1. The van der Waals surface area contributed by atoms with Gasteiger partial charge in [0.1, 0.15) is 18.0 Å². The largest absolute Gasteiger partial charge is 0.488 e. The van der Waals surface area contributed by atoms with E-state index in [2.05, 4.69) is 9.97 Å². The van der Waals surface area contributed by atoms with Crippen LogP contribution in [0.15, 0.2) is 36.1 Å². The molecule has 0 radical (unpaired) electrons. The second-order valence-corrected chi connectivity index (χ2v) is 9.72. The Labute approximate surface area is 206 Å². The second-order valence-electron chi connectivity index (χ2n) is 8.75. The Balaban J connectivity index is 1.94. The van der Waals surface area contributed by atoms with Crippen LogP contribution >= 0.6 is 11.3 Å². The Morgan fingerprint density at radius 2 is 1.91 bits per heavy atom. The van der Waals surface area contributed by atoms with Crippen LogP contribution in [0.4, 0.5) is 4.79 Å². The quantitative estimate of drug-likeness (QED) is 0.316. The Morgan fingerprint density at radius 1 is 1.11 bits per heavy atom. The molecule has 0 N–H and O–H groups in total. The molecule has 4 rings (SSSR count). The predicted molar refractivity (Wildman–Crippen MR) is 132 cm³/mol. The monoisotopic (exact) mass is 497 g/mol. The third-order valence-corrected chi connectivity index (χ3v) is 5.83. The first-order chi connectivity index (χ1) is 16.7. The van der Waals surface area contributed by atoms with Crippen molar-refractivity contribution in [2.75, 3.05) is 13.7 Å². The minimum Gasteiger partial charge on any atom is -0.488 e. The van der Waals surface area contributed by atoms with Crippen molar-refractivity contribution in [1.29, 1.82) is 0 Å². The Bertz CT molecular complexity index is 1370. The van der Waals surface area contributed by atoms with E-state index in [-0.39, 0.29) is 18.9 Å². The van der Waals surface area contributed by atoms with Crippen molar-refractivity contribution in [3.8, 4) is 5.75 Å². The minimum absolute atomic E-state index is 0.0951. The number of carbonyl (C=O) groups is 2. The van der Waals surface area contributed by atoms with E-state index in [9.17, 15) is 9.59 Å². The van der Waals surface area contributed by atoms with Crippen LogP contribution < -0.4 is 4.74 Å². The lowest BCUT2D eigenvalue weighted by molar-refractivity contribution is 0.0513. The lowest BCUT2D eigenvalue weighted by atomic mass is 10.1. The second kappa shape index (κ2) is 10.0. The van der Waals surface area contributed by atoms with Gasteiger partial charge in [-0.2, -0.15) is 0 Å². The van der Waals surface area contributed by atoms with Crippen molar-refractivity contribution in [2.24, 2.45) is 0 Å². The standard InChI is InChI=1S/C25H27N3O6S/c1-6-32-23(29)22-18(13-31-5)21-17-9-15(33-12-16-10-26-14-35-16)7-8-19(17)28(20(21)11-27-22)24(30)34-25(2,3)4/h7-11,14H,6,12-13H2,1-5H3. The third kappa shape index (κ3) is 5.13. The van der Waals surface area contributed by atoms with Gasteiger partial charge < -0.3 is 18.9 Å². The maximum absolute atomic E-state index is 13.3. The number of fused-ring (bicyclic) bond motifs is 3. The van der Waals surface area contributed by atoms with E-state index < -0.39 is 17.7 Å². The molecule has 0 bridgehead atoms. The first-order valence-corrected chi connectivity index (χ1v) is 12.0. The van der Waals surface area contributed by atoms with Crippen LogP contribution in [-0.2, 0) is 27.4 Å². The normalized spacial score (nSPS) is 11.7. The van der Waals surface area contributed by atoms with Crippen LogP contribution in [0.5, 0.6) is 5.75 Å². The fraction of sp³-hybridized carbons (Fsp3) is 0.360. The van der Waals surface area contributed by atoms with Gasteiger partial charge in [0.05, 0.1) is 40.8 Å². The molecular weight excluding hydrogens is 470 g/mol. The van der Waals surface area contributed by atoms with Gasteiger partial charge in [0.25, 0.3) is 0 Å². The summed E-state index contributed by atoms with van der Waals surface area (Å²) in [6.07, 6.45) is 2.69. The number of esters is 1. The summed E-state index contributed by atoms with van der Waals surface area (Å²) < 4.78 is 23.8. The van der Waals surface area contributed by atoms with Crippen molar-refractivity contribution >= 4 is 45.2 Å². The smallest absolute Gasteiger partial charge is 0.419 e. The first-order valence-electron chi connectivity index (χ1n) is 11.1. The van der Waals surface area contributed by atoms with E-state index in [1.54, 1.807) is 51.5 Å². The van der Waals surface area contributed by atoms with Crippen molar-refractivity contribution in [1.82, 2.24) is 14.5 Å². The molecule has 0 saturated carbocycles. The van der Waals surface area contributed by atoms with Crippen LogP contribution in [0.3, 0.4) is 0 Å². The summed E-state index contributed by atoms with van der Waals surface area (Å²) in [7, 11) is 1.53. The summed E-state index contributed by atoms with van der Waals surface area (Å²) in [5.41, 5.74) is 2.80. The van der Waals surface area contributed by atoms with Gasteiger partial charge in [0.15, 0.2) is 5.69 Å². The van der Waals surface area contributed by atoms with E-state index in [1.165, 1.54) is 29.2 Å². The zero-order valence-electron chi connectivity index (χ0n) is 20.3. The molecule has 0 unspecified atom stereocenters. The summed E-state index contributed by atoms with van der Waals surface area (Å²) in [5.74, 6) is 0.0456. The summed E-state index contributed by atoms with van der Waals surface area (Å²) in [4.78, 5) is 35.3. The zero-order chi connectivity index (χ0) is 25.2. The number of benzene rings is 1. The van der Waals surface area contributed by atoms with E-state index in [0.717, 1.165) is 4.88 Å². The molecule has 0 aliphatic carbocycles. The SMILES string of the molecule is CCOC(=O)c1ncc2c(c1COC)c1cc(OCc3cncs3)ccc1n2C(=O)OC(C)(C)C. The molecule has 9 nitrogen and oxygen atoms in total. The summed E-state index contributed by atoms with van der Waals surface area (Å²) in [6, 6.07) is 5.42. The lowest BCUT2D eigenvalue weighted by Crippen LogP contribution is -2.27. The molecule has 0 atom stereocenters. The summed E-state index contributed by atoms with van der Waals surface area (Å²) >= 11 is 1.50. The highest BCUT2D eigenvalue weighted by Crippen LogP contribution is 2.36. The molecule has 35 heavy (non-hydrogen) atoms. The van der Waals surface area contributed by atoms with Gasteiger partial charge in [0, 0.05) is 29.6 Å². The Kier molecular flexibility index (Phi) is 7.04. The Hall–Kier alpha value is -3.50. The molecule has 0 fully saturated rings. The number of hydrogen-bond donors (Lipinski definition) is 0. The van der Waals surface area contributed by atoms with Crippen molar-refractivity contribution in [2.45, 2.75) is 46.5 Å². The number of hydrogen-bond acceptors (Lipinski definition) is 9. The molecule has 1 aromatic carbocycles. The molecule has 0 spiro atoms. The number of ether oxygens (including phenoxy) is 4. The molecule has 0 saturated heterocycles. The van der Waals surface area contributed by atoms with Crippen LogP contribution in [0.1, 0.15) is 48.6 Å². The van der Waals surface area contributed by atoms with Crippen LogP contribution in [0.2, 0.25) is 0 Å². The topological polar surface area (TPSA) is 102 Å². The molecule has 184 valence electrons. The fourth-order valence-corrected chi connectivity index (χ4v) is 4.28. The number of carbonyl (C=O) groups excluding carboxylic acids is 2. The highest BCUT2D eigenvalue weighted by atomic mass is 32.1. The van der Waals surface area contributed by atoms with E-state index in [0.29, 0.717) is 39.7 Å². The van der Waals surface area contributed by atoms with Crippen molar-refractivity contribution in [3.63, 3.8) is 0 Å². The first kappa shape index (κ1) is 24.6. The van der Waals surface area contributed by atoms with Crippen LogP contribution in [0, 0.1) is 0 Å². The fourth-order valence-electron chi connectivity index (χ4n) is 3.77. The number of pyridine rings is 1. The molecule has 0 aliphatic heterocycles. The third-order valence-electron chi connectivity index (χ3n) is 5.08. The number of aromatic nitrogens is 3. The van der Waals surface area contributed by atoms with E-state index in [4.69, 9.17) is 18.9 Å². The molecule has 3 aromatic heterocycles. The average Bonchev–Trinajstić information content (AvgIpc) is 3.42. The predicted octanol–water partition coefficient (Wildman–Crippen LogP) is 5.33. The van der Waals surface area contributed by atoms with Crippen LogP contribution in [-0.4, -0.2) is 45.9 Å². The highest BCUT2D eigenvalue weighted by molar-refractivity contribution is 7.09. The van der Waals surface area contributed by atoms with Crippen molar-refractivity contribution < 1.29 is 28.5 Å². The lowest BCUT2D eigenvalue weighted by Gasteiger charge is -2.20. The van der Waals surface area contributed by atoms with Gasteiger partial charge in [-0.05, 0) is 45.9 Å².